The molecule has 0 atom stereocenters. The zero-order valence-electron chi connectivity index (χ0n) is 13.3. The number of thioether (sulfide) groups is 1. The van der Waals surface area contributed by atoms with Crippen LogP contribution < -0.4 is 5.69 Å². The molecule has 0 aliphatic heterocycles. The van der Waals surface area contributed by atoms with Gasteiger partial charge in [-0.25, -0.2) is 9.59 Å². The number of aliphatic hydroxyl groups is 1. The van der Waals surface area contributed by atoms with Crippen LogP contribution in [-0.2, 0) is 29.9 Å². The van der Waals surface area contributed by atoms with Crippen molar-refractivity contribution >= 4 is 17.7 Å². The van der Waals surface area contributed by atoms with Crippen molar-refractivity contribution < 1.29 is 19.1 Å². The van der Waals surface area contributed by atoms with E-state index < -0.39 is 5.97 Å². The van der Waals surface area contributed by atoms with Gasteiger partial charge in [-0.2, -0.15) is 4.98 Å². The predicted molar refractivity (Wildman–Crippen MR) is 87.2 cm³/mol. The molecule has 0 amide bonds. The Morgan fingerprint density at radius 1 is 1.46 bits per heavy atom. The number of esters is 1. The summed E-state index contributed by atoms with van der Waals surface area (Å²) in [6.45, 7) is 0.197. The summed E-state index contributed by atoms with van der Waals surface area (Å²) in [4.78, 5) is 27.7. The Balaban J connectivity index is 1.80. The van der Waals surface area contributed by atoms with Gasteiger partial charge in [0.25, 0.3) is 0 Å². The highest BCUT2D eigenvalue weighted by Crippen LogP contribution is 2.31. The Kier molecular flexibility index (Phi) is 5.06. The number of ether oxygens (including phenoxy) is 1. The van der Waals surface area contributed by atoms with Gasteiger partial charge in [0.1, 0.15) is 10.8 Å². The van der Waals surface area contributed by atoms with E-state index in [-0.39, 0.29) is 24.6 Å². The number of fused-ring (bicyclic) bond motifs is 1. The molecule has 0 saturated carbocycles. The summed E-state index contributed by atoms with van der Waals surface area (Å²) < 4.78 is 11.6. The normalized spacial score (nSPS) is 13.1. The lowest BCUT2D eigenvalue weighted by molar-refractivity contribution is 0.0563. The molecule has 0 radical (unpaired) electrons. The van der Waals surface area contributed by atoms with E-state index in [1.54, 1.807) is 16.7 Å². The van der Waals surface area contributed by atoms with Crippen LogP contribution in [0.2, 0.25) is 0 Å². The van der Waals surface area contributed by atoms with Crippen molar-refractivity contribution in [2.45, 2.75) is 36.6 Å². The summed E-state index contributed by atoms with van der Waals surface area (Å²) in [7, 11) is 1.30. The molecular formula is C16H18N2O5S. The quantitative estimate of drug-likeness (QED) is 0.478. The Labute approximate surface area is 142 Å². The number of methoxy groups -OCH3 is 1. The van der Waals surface area contributed by atoms with Crippen molar-refractivity contribution in [1.82, 2.24) is 9.55 Å². The molecule has 0 saturated heterocycles. The predicted octanol–water partition coefficient (Wildman–Crippen LogP) is 1.40. The molecule has 0 bridgehead atoms. The van der Waals surface area contributed by atoms with Crippen molar-refractivity contribution in [3.63, 3.8) is 0 Å². The third-order valence-electron chi connectivity index (χ3n) is 3.92. The average molecular weight is 350 g/mol. The standard InChI is InChI=1S/C16H18N2O5S/c1-22-15(20)13-6-5-10(23-13)9-24-14-11-3-2-4-12(11)18(7-8-19)16(21)17-14/h5-6,19H,2-4,7-9H2,1H3. The fourth-order valence-electron chi connectivity index (χ4n) is 2.84. The Morgan fingerprint density at radius 2 is 2.29 bits per heavy atom. The van der Waals surface area contributed by atoms with E-state index in [0.29, 0.717) is 16.5 Å². The Hall–Kier alpha value is -2.06. The molecular weight excluding hydrogens is 332 g/mol. The third-order valence-corrected chi connectivity index (χ3v) is 4.96. The highest BCUT2D eigenvalue weighted by atomic mass is 32.2. The number of aromatic nitrogens is 2. The van der Waals surface area contributed by atoms with Gasteiger partial charge < -0.3 is 14.3 Å². The van der Waals surface area contributed by atoms with E-state index >= 15 is 0 Å². The fourth-order valence-corrected chi connectivity index (χ4v) is 3.81. The lowest BCUT2D eigenvalue weighted by Gasteiger charge is -2.12. The summed E-state index contributed by atoms with van der Waals surface area (Å²) in [5.74, 6) is 0.731. The van der Waals surface area contributed by atoms with Crippen LogP contribution in [0.25, 0.3) is 0 Å². The highest BCUT2D eigenvalue weighted by Gasteiger charge is 2.22. The zero-order valence-corrected chi connectivity index (χ0v) is 14.1. The minimum Gasteiger partial charge on any atom is -0.463 e. The van der Waals surface area contributed by atoms with E-state index in [0.717, 1.165) is 30.5 Å². The summed E-state index contributed by atoms with van der Waals surface area (Å²) in [6.07, 6.45) is 2.68. The van der Waals surface area contributed by atoms with Gasteiger partial charge in [-0.1, -0.05) is 11.8 Å². The maximum absolute atomic E-state index is 12.2. The molecule has 24 heavy (non-hydrogen) atoms. The van der Waals surface area contributed by atoms with Crippen LogP contribution >= 0.6 is 11.8 Å². The smallest absolute Gasteiger partial charge is 0.373 e. The molecule has 0 unspecified atom stereocenters. The van der Waals surface area contributed by atoms with Gasteiger partial charge in [-0.05, 0) is 31.4 Å². The zero-order chi connectivity index (χ0) is 17.1. The maximum atomic E-state index is 12.2. The van der Waals surface area contributed by atoms with Crippen molar-refractivity contribution in [2.24, 2.45) is 0 Å². The second-order valence-electron chi connectivity index (χ2n) is 5.40. The number of nitrogens with zero attached hydrogens (tertiary/aromatic N) is 2. The van der Waals surface area contributed by atoms with Crippen LogP contribution in [0, 0.1) is 0 Å². The summed E-state index contributed by atoms with van der Waals surface area (Å²) >= 11 is 1.42. The van der Waals surface area contributed by atoms with Crippen LogP contribution in [0.4, 0.5) is 0 Å². The Bertz CT molecular complexity index is 811. The molecule has 2 heterocycles. The molecule has 0 aromatic carbocycles. The Morgan fingerprint density at radius 3 is 3.04 bits per heavy atom. The van der Waals surface area contributed by atoms with Crippen molar-refractivity contribution in [1.29, 1.82) is 0 Å². The van der Waals surface area contributed by atoms with E-state index in [1.165, 1.54) is 18.9 Å². The van der Waals surface area contributed by atoms with Crippen LogP contribution in [-0.4, -0.2) is 34.3 Å². The first-order valence-electron chi connectivity index (χ1n) is 7.67. The molecule has 0 fully saturated rings. The highest BCUT2D eigenvalue weighted by molar-refractivity contribution is 7.98. The van der Waals surface area contributed by atoms with Gasteiger partial charge >= 0.3 is 11.7 Å². The summed E-state index contributed by atoms with van der Waals surface area (Å²) in [5, 5.41) is 9.83. The van der Waals surface area contributed by atoms with Gasteiger partial charge in [0.2, 0.25) is 5.76 Å². The number of furan rings is 1. The largest absolute Gasteiger partial charge is 0.463 e. The van der Waals surface area contributed by atoms with Crippen LogP contribution in [0.15, 0.2) is 26.4 Å². The van der Waals surface area contributed by atoms with E-state index in [9.17, 15) is 9.59 Å². The first kappa shape index (κ1) is 16.8. The molecule has 1 aliphatic carbocycles. The monoisotopic (exact) mass is 350 g/mol. The molecule has 7 nitrogen and oxygen atoms in total. The number of aliphatic hydroxyl groups excluding tert-OH is 1. The molecule has 1 aliphatic rings. The van der Waals surface area contributed by atoms with Gasteiger partial charge in [0.05, 0.1) is 26.0 Å². The molecule has 2 aromatic heterocycles. The summed E-state index contributed by atoms with van der Waals surface area (Å²) in [6, 6.07) is 3.28. The van der Waals surface area contributed by atoms with Crippen LogP contribution in [0.1, 0.15) is 34.0 Å². The number of carbonyl (C=O) groups excluding carboxylic acids is 1. The first-order valence-corrected chi connectivity index (χ1v) is 8.66. The number of hydrogen-bond acceptors (Lipinski definition) is 7. The molecule has 0 spiro atoms. The number of hydrogen-bond donors (Lipinski definition) is 1. The van der Waals surface area contributed by atoms with Crippen molar-refractivity contribution in [3.05, 3.63) is 45.4 Å². The average Bonchev–Trinajstić information content (AvgIpc) is 3.24. The van der Waals surface area contributed by atoms with Crippen molar-refractivity contribution in [3.8, 4) is 0 Å². The molecule has 2 aromatic rings. The summed E-state index contributed by atoms with van der Waals surface area (Å²) in [5.41, 5.74) is 1.72. The third kappa shape index (κ3) is 3.25. The topological polar surface area (TPSA) is 94.6 Å². The van der Waals surface area contributed by atoms with Crippen LogP contribution in [0.3, 0.4) is 0 Å². The minimum absolute atomic E-state index is 0.0801. The second kappa shape index (κ2) is 7.23. The van der Waals surface area contributed by atoms with Gasteiger partial charge in [-0.3, -0.25) is 4.57 Å². The lowest BCUT2D eigenvalue weighted by atomic mass is 10.2. The maximum Gasteiger partial charge on any atom is 0.373 e. The van der Waals surface area contributed by atoms with Gasteiger partial charge in [0.15, 0.2) is 0 Å². The van der Waals surface area contributed by atoms with E-state index in [4.69, 9.17) is 9.52 Å². The van der Waals surface area contributed by atoms with Crippen LogP contribution in [0.5, 0.6) is 0 Å². The first-order chi connectivity index (χ1) is 11.6. The SMILES string of the molecule is COC(=O)c1ccc(CSc2nc(=O)n(CCO)c3c2CCC3)o1. The van der Waals surface area contributed by atoms with E-state index in [2.05, 4.69) is 9.72 Å². The fraction of sp³-hybridized carbons (Fsp3) is 0.438. The lowest BCUT2D eigenvalue weighted by Crippen LogP contribution is -2.28. The molecule has 128 valence electrons. The molecule has 8 heteroatoms. The number of rotatable bonds is 6. The minimum atomic E-state index is -0.517. The van der Waals surface area contributed by atoms with Crippen molar-refractivity contribution in [2.75, 3.05) is 13.7 Å². The van der Waals surface area contributed by atoms with E-state index in [1.807, 2.05) is 0 Å². The number of carbonyl (C=O) groups is 1. The molecule has 1 N–H and O–H groups in total. The van der Waals surface area contributed by atoms with Gasteiger partial charge in [-0.15, -0.1) is 0 Å². The molecule has 3 rings (SSSR count). The second-order valence-corrected chi connectivity index (χ2v) is 6.36. The van der Waals surface area contributed by atoms with Gasteiger partial charge in [0, 0.05) is 11.3 Å².